The van der Waals surface area contributed by atoms with Crippen LogP contribution < -0.4 is 10.1 Å². The zero-order chi connectivity index (χ0) is 15.5. The lowest BCUT2D eigenvalue weighted by Crippen LogP contribution is -2.51. The number of likely N-dealkylation sites (N-methyl/N-ethyl adjacent to an activating group) is 1. The number of nitrogens with zero attached hydrogens (tertiary/aromatic N) is 1. The maximum Gasteiger partial charge on any atom is 0.419 e. The van der Waals surface area contributed by atoms with E-state index in [1.54, 1.807) is 0 Å². The molecule has 1 aliphatic carbocycles. The summed E-state index contributed by atoms with van der Waals surface area (Å²) in [6.45, 7) is 2.33. The van der Waals surface area contributed by atoms with Crippen molar-refractivity contribution in [1.82, 2.24) is 5.32 Å². The molecule has 114 valence electrons. The van der Waals surface area contributed by atoms with E-state index in [0.717, 1.165) is 18.9 Å². The number of ether oxygens (including phenoxy) is 1. The Morgan fingerprint density at radius 1 is 1.33 bits per heavy atom. The summed E-state index contributed by atoms with van der Waals surface area (Å²) in [7, 11) is 0. The third kappa shape index (κ3) is 3.48. The highest BCUT2D eigenvalue weighted by Gasteiger charge is 2.46. The van der Waals surface area contributed by atoms with Gasteiger partial charge in [0.05, 0.1) is 11.6 Å². The van der Waals surface area contributed by atoms with Crippen molar-refractivity contribution in [2.45, 2.75) is 31.5 Å². The van der Waals surface area contributed by atoms with Crippen molar-refractivity contribution >= 4 is 0 Å². The van der Waals surface area contributed by atoms with Crippen LogP contribution in [0.2, 0.25) is 0 Å². The molecule has 0 saturated heterocycles. The van der Waals surface area contributed by atoms with E-state index in [-0.39, 0.29) is 18.3 Å². The van der Waals surface area contributed by atoms with Gasteiger partial charge in [-0.05, 0) is 37.4 Å². The van der Waals surface area contributed by atoms with Gasteiger partial charge < -0.3 is 4.74 Å². The molecule has 0 aromatic heterocycles. The molecule has 0 heterocycles. The van der Waals surface area contributed by atoms with Gasteiger partial charge in [-0.25, -0.2) is 0 Å². The summed E-state index contributed by atoms with van der Waals surface area (Å²) >= 11 is 0. The van der Waals surface area contributed by atoms with E-state index in [1.807, 2.05) is 6.92 Å². The molecule has 1 aromatic carbocycles. The van der Waals surface area contributed by atoms with Crippen molar-refractivity contribution in [2.24, 2.45) is 5.92 Å². The van der Waals surface area contributed by atoms with E-state index in [1.165, 1.54) is 18.2 Å². The van der Waals surface area contributed by atoms with E-state index in [2.05, 4.69) is 11.4 Å². The molecule has 21 heavy (non-hydrogen) atoms. The Bertz CT molecular complexity index is 534. The second-order valence-electron chi connectivity index (χ2n) is 5.17. The lowest BCUT2D eigenvalue weighted by Gasteiger charge is -2.28. The first-order valence-corrected chi connectivity index (χ1v) is 6.88. The molecule has 6 heteroatoms. The van der Waals surface area contributed by atoms with Crippen LogP contribution >= 0.6 is 0 Å². The molecule has 3 nitrogen and oxygen atoms in total. The van der Waals surface area contributed by atoms with Crippen molar-refractivity contribution in [3.8, 4) is 11.8 Å². The summed E-state index contributed by atoms with van der Waals surface area (Å²) in [6, 6.07) is 7.26. The quantitative estimate of drug-likeness (QED) is 0.876. The Morgan fingerprint density at radius 3 is 2.52 bits per heavy atom. The van der Waals surface area contributed by atoms with Gasteiger partial charge in [0.15, 0.2) is 0 Å². The fourth-order valence-electron chi connectivity index (χ4n) is 2.39. The first-order chi connectivity index (χ1) is 9.93. The van der Waals surface area contributed by atoms with Crippen molar-refractivity contribution in [2.75, 3.05) is 13.2 Å². The maximum absolute atomic E-state index is 12.9. The van der Waals surface area contributed by atoms with Crippen molar-refractivity contribution in [3.05, 3.63) is 29.8 Å². The van der Waals surface area contributed by atoms with Crippen LogP contribution in [0, 0.1) is 17.2 Å². The molecule has 0 radical (unpaired) electrons. The predicted molar refractivity (Wildman–Crippen MR) is 71.7 cm³/mol. The zero-order valence-corrected chi connectivity index (χ0v) is 11.7. The Labute approximate surface area is 121 Å². The third-order valence-corrected chi connectivity index (χ3v) is 3.61. The van der Waals surface area contributed by atoms with Crippen LogP contribution in [0.3, 0.4) is 0 Å². The summed E-state index contributed by atoms with van der Waals surface area (Å²) in [6.07, 6.45) is -2.68. The lowest BCUT2D eigenvalue weighted by atomic mass is 9.96. The Morgan fingerprint density at radius 2 is 2.00 bits per heavy atom. The van der Waals surface area contributed by atoms with Gasteiger partial charge in [-0.2, -0.15) is 18.4 Å². The highest BCUT2D eigenvalue weighted by Crippen LogP contribution is 2.41. The molecular formula is C15H17F3N2O. The largest absolute Gasteiger partial charge is 0.490 e. The maximum atomic E-state index is 12.9. The molecule has 1 saturated carbocycles. The number of rotatable bonds is 6. The first kappa shape index (κ1) is 15.6. The average Bonchev–Trinajstić information content (AvgIpc) is 3.28. The molecule has 1 aliphatic rings. The van der Waals surface area contributed by atoms with Gasteiger partial charge in [0, 0.05) is 0 Å². The Balaban J connectivity index is 2.17. The SMILES string of the molecule is CCNC(C#N)(COc1ccccc1C(F)(F)F)C1CC1. The van der Waals surface area contributed by atoms with E-state index in [0.29, 0.717) is 6.54 Å². The summed E-state index contributed by atoms with van der Waals surface area (Å²) in [5.41, 5.74) is -1.72. The number of nitriles is 1. The van der Waals surface area contributed by atoms with Gasteiger partial charge in [0.25, 0.3) is 0 Å². The van der Waals surface area contributed by atoms with Crippen LogP contribution in [0.4, 0.5) is 13.2 Å². The molecular weight excluding hydrogens is 281 g/mol. The van der Waals surface area contributed by atoms with Gasteiger partial charge in [0.2, 0.25) is 0 Å². The minimum absolute atomic E-state index is 0.0882. The van der Waals surface area contributed by atoms with E-state index >= 15 is 0 Å². The van der Waals surface area contributed by atoms with Crippen molar-refractivity contribution in [3.63, 3.8) is 0 Å². The van der Waals surface area contributed by atoms with Crippen molar-refractivity contribution < 1.29 is 17.9 Å². The van der Waals surface area contributed by atoms with E-state index in [4.69, 9.17) is 4.74 Å². The third-order valence-electron chi connectivity index (χ3n) is 3.61. The van der Waals surface area contributed by atoms with E-state index < -0.39 is 17.3 Å². The van der Waals surface area contributed by atoms with Crippen molar-refractivity contribution in [1.29, 1.82) is 5.26 Å². The summed E-state index contributed by atoms with van der Waals surface area (Å²) in [5.74, 6) is -0.0938. The normalized spacial score (nSPS) is 17.9. The monoisotopic (exact) mass is 298 g/mol. The molecule has 0 bridgehead atoms. The topological polar surface area (TPSA) is 45.0 Å². The van der Waals surface area contributed by atoms with Gasteiger partial charge in [-0.1, -0.05) is 19.1 Å². The molecule has 0 amide bonds. The summed E-state index contributed by atoms with van der Waals surface area (Å²) < 4.78 is 44.1. The molecule has 1 atom stereocenters. The number of alkyl halides is 3. The molecule has 1 N–H and O–H groups in total. The van der Waals surface area contributed by atoms with E-state index in [9.17, 15) is 18.4 Å². The number of hydrogen-bond acceptors (Lipinski definition) is 3. The molecule has 0 aliphatic heterocycles. The number of halogens is 3. The van der Waals surface area contributed by atoms with Gasteiger partial charge in [-0.15, -0.1) is 0 Å². The first-order valence-electron chi connectivity index (χ1n) is 6.88. The highest BCUT2D eigenvalue weighted by atomic mass is 19.4. The number of nitrogens with one attached hydrogen (secondary N) is 1. The molecule has 1 aromatic rings. The predicted octanol–water partition coefficient (Wildman–Crippen LogP) is 3.37. The van der Waals surface area contributed by atoms with Gasteiger partial charge in [0.1, 0.15) is 17.9 Å². The molecule has 2 rings (SSSR count). The molecule has 0 spiro atoms. The smallest absolute Gasteiger partial charge is 0.419 e. The average molecular weight is 298 g/mol. The summed E-state index contributed by atoms with van der Waals surface area (Å²) in [4.78, 5) is 0. The minimum Gasteiger partial charge on any atom is -0.490 e. The second kappa shape index (κ2) is 5.94. The summed E-state index contributed by atoms with van der Waals surface area (Å²) in [5, 5.41) is 12.5. The van der Waals surface area contributed by atoms with Crippen LogP contribution in [0.25, 0.3) is 0 Å². The minimum atomic E-state index is -4.47. The van der Waals surface area contributed by atoms with Crippen LogP contribution in [0.5, 0.6) is 5.75 Å². The highest BCUT2D eigenvalue weighted by molar-refractivity contribution is 5.36. The lowest BCUT2D eigenvalue weighted by molar-refractivity contribution is -0.139. The van der Waals surface area contributed by atoms with Crippen LogP contribution in [0.15, 0.2) is 24.3 Å². The van der Waals surface area contributed by atoms with Crippen LogP contribution in [-0.4, -0.2) is 18.7 Å². The van der Waals surface area contributed by atoms with Crippen LogP contribution in [0.1, 0.15) is 25.3 Å². The number of benzene rings is 1. The van der Waals surface area contributed by atoms with Gasteiger partial charge in [-0.3, -0.25) is 5.32 Å². The molecule has 1 fully saturated rings. The second-order valence-corrected chi connectivity index (χ2v) is 5.17. The standard InChI is InChI=1S/C15H17F3N2O/c1-2-20-14(9-19,11-7-8-11)10-21-13-6-4-3-5-12(13)15(16,17)18/h3-6,11,20H,2,7-8,10H2,1H3. The Hall–Kier alpha value is -1.74. The van der Waals surface area contributed by atoms with Gasteiger partial charge >= 0.3 is 6.18 Å². The number of para-hydroxylation sites is 1. The fourth-order valence-corrected chi connectivity index (χ4v) is 2.39. The zero-order valence-electron chi connectivity index (χ0n) is 11.7. The Kier molecular flexibility index (Phi) is 4.43. The fraction of sp³-hybridized carbons (Fsp3) is 0.533. The van der Waals surface area contributed by atoms with Crippen LogP contribution in [-0.2, 0) is 6.18 Å². The molecule has 1 unspecified atom stereocenters. The number of hydrogen-bond donors (Lipinski definition) is 1.